The van der Waals surface area contributed by atoms with Crippen molar-refractivity contribution in [2.75, 3.05) is 20.8 Å². The molecule has 1 aromatic rings. The van der Waals surface area contributed by atoms with Crippen LogP contribution in [0.1, 0.15) is 15.9 Å². The van der Waals surface area contributed by atoms with Gasteiger partial charge in [0.25, 0.3) is 0 Å². The summed E-state index contributed by atoms with van der Waals surface area (Å²) in [5, 5.41) is 1.74. The number of carbonyl (C=O) groups is 2. The molecule has 0 heterocycles. The number of alkyl halides is 3. The summed E-state index contributed by atoms with van der Waals surface area (Å²) in [6, 6.07) is 2.99. The molecule has 1 amide bonds. The summed E-state index contributed by atoms with van der Waals surface area (Å²) < 4.78 is 46.2. The Hall–Kier alpha value is -2.25. The van der Waals surface area contributed by atoms with Gasteiger partial charge >= 0.3 is 12.1 Å². The molecule has 0 saturated heterocycles. The summed E-state index contributed by atoms with van der Waals surface area (Å²) >= 11 is 0. The number of amides is 1. The normalized spacial score (nSPS) is 10.9. The Labute approximate surface area is 119 Å². The van der Waals surface area contributed by atoms with E-state index in [1.165, 1.54) is 26.4 Å². The van der Waals surface area contributed by atoms with E-state index < -0.39 is 12.1 Å². The summed E-state index contributed by atoms with van der Waals surface area (Å²) in [5.74, 6) is -1.37. The van der Waals surface area contributed by atoms with E-state index in [0.717, 1.165) is 0 Å². The minimum absolute atomic E-state index is 0.0312. The first-order valence-electron chi connectivity index (χ1n) is 5.88. The fraction of sp³-hybridized carbons (Fsp3) is 0.385. The van der Waals surface area contributed by atoms with E-state index >= 15 is 0 Å². The van der Waals surface area contributed by atoms with Crippen LogP contribution < -0.4 is 14.8 Å². The van der Waals surface area contributed by atoms with Crippen LogP contribution in [0.4, 0.5) is 13.2 Å². The number of nitrogens with one attached hydrogen (secondary N) is 1. The summed E-state index contributed by atoms with van der Waals surface area (Å²) in [6.07, 6.45) is -4.36. The van der Waals surface area contributed by atoms with Gasteiger partial charge in [-0.3, -0.25) is 9.59 Å². The zero-order valence-electron chi connectivity index (χ0n) is 11.4. The molecule has 1 aromatic carbocycles. The van der Waals surface area contributed by atoms with E-state index in [-0.39, 0.29) is 24.3 Å². The molecular weight excluding hydrogens is 291 g/mol. The highest BCUT2D eigenvalue weighted by Gasteiger charge is 2.38. The van der Waals surface area contributed by atoms with Crippen LogP contribution in [0.15, 0.2) is 12.1 Å². The van der Waals surface area contributed by atoms with Crippen LogP contribution in [-0.2, 0) is 11.2 Å². The average molecular weight is 305 g/mol. The lowest BCUT2D eigenvalue weighted by atomic mass is 10.0. The molecule has 0 saturated carbocycles. The number of hydrogen-bond donors (Lipinski definition) is 1. The zero-order valence-corrected chi connectivity index (χ0v) is 11.4. The summed E-state index contributed by atoms with van der Waals surface area (Å²) in [4.78, 5) is 21.8. The number of carbonyl (C=O) groups excluding carboxylic acids is 2. The third-order valence-corrected chi connectivity index (χ3v) is 2.71. The number of aldehydes is 1. The van der Waals surface area contributed by atoms with Gasteiger partial charge in [-0.15, -0.1) is 0 Å². The molecule has 0 aliphatic heterocycles. The number of halogens is 3. The van der Waals surface area contributed by atoms with Crippen molar-refractivity contribution in [1.82, 2.24) is 5.32 Å². The predicted octanol–water partition coefficient (Wildman–Crippen LogP) is 1.74. The first-order chi connectivity index (χ1) is 9.83. The first kappa shape index (κ1) is 16.8. The van der Waals surface area contributed by atoms with Crippen molar-refractivity contribution in [2.24, 2.45) is 0 Å². The zero-order chi connectivity index (χ0) is 16.0. The van der Waals surface area contributed by atoms with Crippen molar-refractivity contribution in [3.05, 3.63) is 23.3 Å². The van der Waals surface area contributed by atoms with E-state index in [1.54, 1.807) is 5.32 Å². The number of benzene rings is 1. The van der Waals surface area contributed by atoms with Crippen LogP contribution in [0.25, 0.3) is 0 Å². The molecule has 5 nitrogen and oxygen atoms in total. The van der Waals surface area contributed by atoms with Crippen molar-refractivity contribution < 1.29 is 32.2 Å². The lowest BCUT2D eigenvalue weighted by molar-refractivity contribution is -0.173. The second kappa shape index (κ2) is 6.96. The van der Waals surface area contributed by atoms with Gasteiger partial charge in [0.05, 0.1) is 19.8 Å². The van der Waals surface area contributed by atoms with Crippen molar-refractivity contribution in [3.8, 4) is 11.5 Å². The molecule has 0 fully saturated rings. The van der Waals surface area contributed by atoms with Gasteiger partial charge in [0.2, 0.25) is 0 Å². The Morgan fingerprint density at radius 2 is 1.95 bits per heavy atom. The molecule has 1 N–H and O–H groups in total. The Morgan fingerprint density at radius 3 is 2.43 bits per heavy atom. The highest BCUT2D eigenvalue weighted by molar-refractivity contribution is 5.83. The van der Waals surface area contributed by atoms with Crippen LogP contribution in [0.5, 0.6) is 11.5 Å². The van der Waals surface area contributed by atoms with E-state index in [4.69, 9.17) is 9.47 Å². The van der Waals surface area contributed by atoms with E-state index in [9.17, 15) is 22.8 Å². The summed E-state index contributed by atoms with van der Waals surface area (Å²) in [5.41, 5.74) is 0.628. The largest absolute Gasteiger partial charge is 0.497 e. The molecule has 0 atom stereocenters. The van der Waals surface area contributed by atoms with Crippen molar-refractivity contribution in [1.29, 1.82) is 0 Å². The smallest absolute Gasteiger partial charge is 0.471 e. The quantitative estimate of drug-likeness (QED) is 0.813. The maximum Gasteiger partial charge on any atom is 0.471 e. The van der Waals surface area contributed by atoms with Gasteiger partial charge < -0.3 is 14.8 Å². The molecule has 8 heteroatoms. The standard InChI is InChI=1S/C13H14F3NO4/c1-20-9-5-8(10(7-18)11(6-9)21-2)3-4-17-12(19)13(14,15)16/h5-7H,3-4H2,1-2H3,(H,17,19). The van der Waals surface area contributed by atoms with Crippen LogP contribution >= 0.6 is 0 Å². The van der Waals surface area contributed by atoms with Crippen LogP contribution in [0.2, 0.25) is 0 Å². The fourth-order valence-electron chi connectivity index (χ4n) is 1.69. The van der Waals surface area contributed by atoms with Gasteiger partial charge in [0.1, 0.15) is 11.5 Å². The van der Waals surface area contributed by atoms with Crippen molar-refractivity contribution >= 4 is 12.2 Å². The molecule has 21 heavy (non-hydrogen) atoms. The maximum absolute atomic E-state index is 12.0. The maximum atomic E-state index is 12.0. The van der Waals surface area contributed by atoms with Crippen LogP contribution in [0, 0.1) is 0 Å². The van der Waals surface area contributed by atoms with Gasteiger partial charge in [0.15, 0.2) is 6.29 Å². The average Bonchev–Trinajstić information content (AvgIpc) is 2.44. The molecule has 0 unspecified atom stereocenters. The molecule has 0 aliphatic rings. The van der Waals surface area contributed by atoms with E-state index in [1.807, 2.05) is 0 Å². The Bertz CT molecular complexity index is 529. The Kier molecular flexibility index (Phi) is 5.57. The molecule has 0 spiro atoms. The molecular formula is C13H14F3NO4. The third-order valence-electron chi connectivity index (χ3n) is 2.71. The fourth-order valence-corrected chi connectivity index (χ4v) is 1.69. The number of hydrogen-bond acceptors (Lipinski definition) is 4. The molecule has 0 radical (unpaired) electrons. The van der Waals surface area contributed by atoms with Gasteiger partial charge in [-0.2, -0.15) is 13.2 Å². The number of rotatable bonds is 6. The minimum atomic E-state index is -4.93. The Morgan fingerprint density at radius 1 is 1.29 bits per heavy atom. The summed E-state index contributed by atoms with van der Waals surface area (Å²) in [7, 11) is 2.77. The SMILES string of the molecule is COc1cc(CCNC(=O)C(F)(F)F)c(C=O)c(OC)c1. The summed E-state index contributed by atoms with van der Waals surface area (Å²) in [6.45, 7) is -0.268. The topological polar surface area (TPSA) is 64.6 Å². The third kappa shape index (κ3) is 4.37. The minimum Gasteiger partial charge on any atom is -0.497 e. The highest BCUT2D eigenvalue weighted by Crippen LogP contribution is 2.27. The molecule has 0 aliphatic carbocycles. The van der Waals surface area contributed by atoms with Crippen molar-refractivity contribution in [2.45, 2.75) is 12.6 Å². The molecule has 116 valence electrons. The lowest BCUT2D eigenvalue weighted by Gasteiger charge is -2.13. The lowest BCUT2D eigenvalue weighted by Crippen LogP contribution is -2.37. The highest BCUT2D eigenvalue weighted by atomic mass is 19.4. The first-order valence-corrected chi connectivity index (χ1v) is 5.88. The van der Waals surface area contributed by atoms with Gasteiger partial charge in [0, 0.05) is 12.6 Å². The van der Waals surface area contributed by atoms with Gasteiger partial charge in [-0.05, 0) is 18.1 Å². The second-order valence-electron chi connectivity index (χ2n) is 4.02. The monoisotopic (exact) mass is 305 g/mol. The van der Waals surface area contributed by atoms with Crippen LogP contribution in [0.3, 0.4) is 0 Å². The molecule has 1 rings (SSSR count). The molecule has 0 aromatic heterocycles. The molecule has 0 bridgehead atoms. The van der Waals surface area contributed by atoms with Gasteiger partial charge in [-0.1, -0.05) is 0 Å². The van der Waals surface area contributed by atoms with E-state index in [0.29, 0.717) is 17.6 Å². The second-order valence-corrected chi connectivity index (χ2v) is 4.02. The number of ether oxygens (including phenoxy) is 2. The predicted molar refractivity (Wildman–Crippen MR) is 67.7 cm³/mol. The van der Waals surface area contributed by atoms with E-state index in [2.05, 4.69) is 0 Å². The van der Waals surface area contributed by atoms with Crippen LogP contribution in [-0.4, -0.2) is 39.1 Å². The Balaban J connectivity index is 2.87. The number of methoxy groups -OCH3 is 2. The van der Waals surface area contributed by atoms with Gasteiger partial charge in [-0.25, -0.2) is 0 Å². The van der Waals surface area contributed by atoms with Crippen molar-refractivity contribution in [3.63, 3.8) is 0 Å².